The van der Waals surface area contributed by atoms with E-state index in [0.717, 1.165) is 37.7 Å². The highest BCUT2D eigenvalue weighted by Gasteiger charge is 2.58. The zero-order valence-corrected chi connectivity index (χ0v) is 13.2. The molecule has 7 heteroatoms. The van der Waals surface area contributed by atoms with Gasteiger partial charge >= 0.3 is 0 Å². The molecule has 6 nitrogen and oxygen atoms in total. The Hall–Kier alpha value is -0.340. The normalized spacial score (nSPS) is 41.3. The van der Waals surface area contributed by atoms with Crippen molar-refractivity contribution in [1.82, 2.24) is 5.32 Å². The van der Waals surface area contributed by atoms with Crippen molar-refractivity contribution in [2.75, 3.05) is 0 Å². The van der Waals surface area contributed by atoms with Crippen LogP contribution in [-0.2, 0) is 14.2 Å². The van der Waals surface area contributed by atoms with Gasteiger partial charge in [0.15, 0.2) is 0 Å². The van der Waals surface area contributed by atoms with Gasteiger partial charge in [-0.1, -0.05) is 5.04 Å². The van der Waals surface area contributed by atoms with Gasteiger partial charge in [-0.25, -0.2) is 5.26 Å². The molecule has 4 bridgehead atoms. The molecule has 0 aromatic rings. The first kappa shape index (κ1) is 15.6. The highest BCUT2D eigenvalue weighted by atomic mass is 32.2. The highest BCUT2D eigenvalue weighted by Crippen LogP contribution is 2.57. The average Bonchev–Trinajstić information content (AvgIpc) is 2.32. The molecule has 2 unspecified atom stereocenters. The van der Waals surface area contributed by atoms with Crippen molar-refractivity contribution in [3.05, 3.63) is 0 Å². The molecule has 120 valence electrons. The zero-order chi connectivity index (χ0) is 15.3. The molecule has 4 rings (SSSR count). The van der Waals surface area contributed by atoms with Crippen LogP contribution < -0.4 is 5.32 Å². The van der Waals surface area contributed by atoms with Gasteiger partial charge in [0.1, 0.15) is 4.75 Å². The number of hydrogen-bond donors (Lipinski definition) is 3. The second-order valence-electron chi connectivity index (χ2n) is 7.66. The number of rotatable bonds is 5. The number of aliphatic hydroxyl groups is 1. The van der Waals surface area contributed by atoms with Gasteiger partial charge in [-0.3, -0.25) is 4.79 Å². The summed E-state index contributed by atoms with van der Waals surface area (Å²) in [6.07, 6.45) is 5.49. The summed E-state index contributed by atoms with van der Waals surface area (Å²) in [4.78, 5) is 12.5. The second kappa shape index (κ2) is 5.09. The van der Waals surface area contributed by atoms with Crippen molar-refractivity contribution in [2.45, 2.75) is 68.3 Å². The number of nitrogens with one attached hydrogen (secondary N) is 1. The first-order valence-electron chi connectivity index (χ1n) is 7.47. The average molecular weight is 317 g/mol. The van der Waals surface area contributed by atoms with E-state index in [1.165, 1.54) is 6.42 Å². The van der Waals surface area contributed by atoms with Gasteiger partial charge in [0.2, 0.25) is 5.91 Å². The maximum absolute atomic E-state index is 12.5. The molecule has 4 saturated carbocycles. The molecule has 0 heterocycles. The Bertz CT molecular complexity index is 427. The number of amides is 1. The lowest BCUT2D eigenvalue weighted by Crippen LogP contribution is -2.66. The standard InChI is InChI=1S/C14H23NO5S/c1-12(2,21-20-19-18)11(16)15-13-4-9-3-10(5-13)7-14(17,6-9)8-13/h9-10,17-18H,3-8H2,1-2H3,(H,15,16). The second-order valence-corrected chi connectivity index (χ2v) is 8.98. The summed E-state index contributed by atoms with van der Waals surface area (Å²) in [5, 5.41) is 25.7. The lowest BCUT2D eigenvalue weighted by molar-refractivity contribution is -0.432. The quantitative estimate of drug-likeness (QED) is 0.408. The molecule has 1 amide bonds. The fraction of sp³-hybridized carbons (Fsp3) is 0.929. The van der Waals surface area contributed by atoms with Gasteiger partial charge in [-0.2, -0.15) is 0 Å². The highest BCUT2D eigenvalue weighted by molar-refractivity contribution is 7.96. The summed E-state index contributed by atoms with van der Waals surface area (Å²) >= 11 is 0.768. The van der Waals surface area contributed by atoms with E-state index >= 15 is 0 Å². The van der Waals surface area contributed by atoms with Crippen molar-refractivity contribution in [2.24, 2.45) is 11.8 Å². The Balaban J connectivity index is 1.71. The first-order chi connectivity index (χ1) is 9.76. The molecule has 2 atom stereocenters. The van der Waals surface area contributed by atoms with Gasteiger partial charge in [0, 0.05) is 5.54 Å². The minimum Gasteiger partial charge on any atom is -0.390 e. The monoisotopic (exact) mass is 317 g/mol. The molecular weight excluding hydrogens is 294 g/mol. The molecular formula is C14H23NO5S. The Morgan fingerprint density at radius 2 is 1.90 bits per heavy atom. The van der Waals surface area contributed by atoms with E-state index in [-0.39, 0.29) is 11.4 Å². The van der Waals surface area contributed by atoms with Crippen LogP contribution in [0.25, 0.3) is 0 Å². The van der Waals surface area contributed by atoms with E-state index in [1.807, 2.05) is 0 Å². The van der Waals surface area contributed by atoms with Gasteiger partial charge in [-0.05, 0) is 64.2 Å². The van der Waals surface area contributed by atoms with E-state index in [2.05, 4.69) is 14.7 Å². The first-order valence-corrected chi connectivity index (χ1v) is 8.21. The number of hydrogen-bond acceptors (Lipinski definition) is 6. The van der Waals surface area contributed by atoms with E-state index in [4.69, 9.17) is 5.26 Å². The third-order valence-corrected chi connectivity index (χ3v) is 5.96. The van der Waals surface area contributed by atoms with Crippen LogP contribution in [0.2, 0.25) is 0 Å². The molecule has 0 spiro atoms. The van der Waals surface area contributed by atoms with Crippen LogP contribution in [-0.4, -0.2) is 32.2 Å². The zero-order valence-electron chi connectivity index (χ0n) is 12.4. The summed E-state index contributed by atoms with van der Waals surface area (Å²) in [6, 6.07) is 0. The largest absolute Gasteiger partial charge is 0.390 e. The van der Waals surface area contributed by atoms with Crippen molar-refractivity contribution in [3.8, 4) is 0 Å². The number of carbonyl (C=O) groups excluding carboxylic acids is 1. The van der Waals surface area contributed by atoms with E-state index < -0.39 is 10.3 Å². The Morgan fingerprint density at radius 3 is 2.43 bits per heavy atom. The smallest absolute Gasteiger partial charge is 0.238 e. The molecule has 21 heavy (non-hydrogen) atoms. The van der Waals surface area contributed by atoms with Gasteiger partial charge in [0.05, 0.1) is 17.6 Å². The molecule has 4 aliphatic rings. The molecule has 4 aliphatic carbocycles. The molecule has 0 radical (unpaired) electrons. The Morgan fingerprint density at radius 1 is 1.29 bits per heavy atom. The van der Waals surface area contributed by atoms with Gasteiger partial charge < -0.3 is 10.4 Å². The predicted molar refractivity (Wildman–Crippen MR) is 77.0 cm³/mol. The van der Waals surface area contributed by atoms with Crippen molar-refractivity contribution >= 4 is 17.9 Å². The summed E-state index contributed by atoms with van der Waals surface area (Å²) in [6.45, 7) is 3.42. The number of carbonyl (C=O) groups is 1. The van der Waals surface area contributed by atoms with Gasteiger partial charge in [0.25, 0.3) is 0 Å². The van der Waals surface area contributed by atoms with Crippen molar-refractivity contribution in [3.63, 3.8) is 0 Å². The van der Waals surface area contributed by atoms with Gasteiger partial charge in [-0.15, -0.1) is 4.33 Å². The van der Waals surface area contributed by atoms with E-state index in [9.17, 15) is 9.90 Å². The van der Waals surface area contributed by atoms with Crippen LogP contribution in [0.15, 0.2) is 0 Å². The van der Waals surface area contributed by atoms with Crippen molar-refractivity contribution < 1.29 is 24.5 Å². The SMILES string of the molecule is CC(C)(SOOO)C(=O)NC12CC3CC(CC(O)(C3)C1)C2. The summed E-state index contributed by atoms with van der Waals surface area (Å²) in [5.41, 5.74) is -0.882. The third-order valence-electron chi connectivity index (χ3n) is 5.23. The van der Waals surface area contributed by atoms with E-state index in [0.29, 0.717) is 18.3 Å². The molecule has 4 fully saturated rings. The minimum absolute atomic E-state index is 0.157. The van der Waals surface area contributed by atoms with Crippen LogP contribution in [0.3, 0.4) is 0 Å². The third kappa shape index (κ3) is 2.94. The lowest BCUT2D eigenvalue weighted by atomic mass is 9.51. The summed E-state index contributed by atoms with van der Waals surface area (Å²) in [5.74, 6) is 0.879. The van der Waals surface area contributed by atoms with Crippen LogP contribution in [0, 0.1) is 11.8 Å². The van der Waals surface area contributed by atoms with Crippen molar-refractivity contribution in [1.29, 1.82) is 0 Å². The topological polar surface area (TPSA) is 88.0 Å². The Labute approximate surface area is 128 Å². The molecule has 0 aromatic heterocycles. The minimum atomic E-state index is -0.880. The molecule has 0 saturated heterocycles. The molecule has 3 N–H and O–H groups in total. The maximum Gasteiger partial charge on any atom is 0.238 e. The summed E-state index contributed by atoms with van der Waals surface area (Å²) in [7, 11) is 0. The lowest BCUT2D eigenvalue weighted by Gasteiger charge is -2.60. The van der Waals surface area contributed by atoms with Crippen LogP contribution in [0.1, 0.15) is 52.4 Å². The van der Waals surface area contributed by atoms with Crippen LogP contribution in [0.5, 0.6) is 0 Å². The molecule has 0 aromatic carbocycles. The fourth-order valence-electron chi connectivity index (χ4n) is 4.89. The predicted octanol–water partition coefficient (Wildman–Crippen LogP) is 2.03. The van der Waals surface area contributed by atoms with Crippen LogP contribution in [0.4, 0.5) is 0 Å². The Kier molecular flexibility index (Phi) is 3.77. The summed E-state index contributed by atoms with van der Waals surface area (Å²) < 4.78 is 3.54. The molecule has 0 aliphatic heterocycles. The maximum atomic E-state index is 12.5. The fourth-order valence-corrected chi connectivity index (χ4v) is 5.22. The van der Waals surface area contributed by atoms with Crippen LogP contribution >= 0.6 is 12.0 Å². The van der Waals surface area contributed by atoms with E-state index in [1.54, 1.807) is 13.8 Å².